The van der Waals surface area contributed by atoms with Crippen molar-refractivity contribution in [2.75, 3.05) is 0 Å². The second-order valence-electron chi connectivity index (χ2n) is 2.90. The van der Waals surface area contributed by atoms with E-state index in [9.17, 15) is 19.2 Å². The monoisotopic (exact) mass is 246 g/mol. The molecule has 17 heavy (non-hydrogen) atoms. The molecule has 0 spiro atoms. The second kappa shape index (κ2) is 6.10. The molecule has 1 atom stereocenters. The summed E-state index contributed by atoms with van der Waals surface area (Å²) in [6, 6.07) is -1.68. The molecule has 0 heterocycles. The molecule has 0 aliphatic carbocycles. The number of carbonyl (C=O) groups excluding carboxylic acids is 1. The molecule has 0 unspecified atom stereocenters. The van der Waals surface area contributed by atoms with Crippen molar-refractivity contribution in [1.29, 1.82) is 0 Å². The molecule has 0 saturated carbocycles. The summed E-state index contributed by atoms with van der Waals surface area (Å²) in [7, 11) is 0. The van der Waals surface area contributed by atoms with Crippen molar-refractivity contribution in [2.45, 2.75) is 12.5 Å². The molecule has 6 N–H and O–H groups in total. The summed E-state index contributed by atoms with van der Waals surface area (Å²) in [6.07, 6.45) is -0.476. The number of hydrogen-bond donors (Lipinski definition) is 5. The molecule has 0 aromatic rings. The summed E-state index contributed by atoms with van der Waals surface area (Å²) in [5.74, 6) is -5.65. The molecule has 0 bridgehead atoms. The Morgan fingerprint density at radius 1 is 1.18 bits per heavy atom. The topological polar surface area (TPSA) is 167 Å². The molecule has 1 amide bonds. The zero-order valence-electron chi connectivity index (χ0n) is 8.41. The van der Waals surface area contributed by atoms with Crippen LogP contribution in [0.2, 0.25) is 0 Å². The maximum absolute atomic E-state index is 11.2. The van der Waals surface area contributed by atoms with Gasteiger partial charge in [0.1, 0.15) is 11.7 Å². The molecule has 0 fully saturated rings. The van der Waals surface area contributed by atoms with Crippen LogP contribution in [0.15, 0.2) is 11.8 Å². The van der Waals surface area contributed by atoms with Gasteiger partial charge in [0.25, 0.3) is 5.91 Å². The Morgan fingerprint density at radius 3 is 2.06 bits per heavy atom. The minimum atomic E-state index is -1.68. The zero-order valence-corrected chi connectivity index (χ0v) is 8.41. The van der Waals surface area contributed by atoms with E-state index in [0.29, 0.717) is 6.08 Å². The summed E-state index contributed by atoms with van der Waals surface area (Å²) < 4.78 is 0. The van der Waals surface area contributed by atoms with Gasteiger partial charge in [-0.25, -0.2) is 9.59 Å². The Hall–Kier alpha value is -2.58. The maximum atomic E-state index is 11.2. The van der Waals surface area contributed by atoms with Crippen LogP contribution in [-0.4, -0.2) is 45.2 Å². The molecular weight excluding hydrogens is 236 g/mol. The van der Waals surface area contributed by atoms with Crippen molar-refractivity contribution in [3.05, 3.63) is 11.8 Å². The van der Waals surface area contributed by atoms with E-state index < -0.39 is 42.0 Å². The average Bonchev–Trinajstić information content (AvgIpc) is 2.14. The molecule has 0 radical (unpaired) electrons. The van der Waals surface area contributed by atoms with Gasteiger partial charge in [0.05, 0.1) is 12.5 Å². The molecule has 0 rings (SSSR count). The third-order valence-corrected chi connectivity index (χ3v) is 1.52. The summed E-state index contributed by atoms with van der Waals surface area (Å²) in [4.78, 5) is 42.2. The third kappa shape index (κ3) is 5.77. The average molecular weight is 246 g/mol. The highest BCUT2D eigenvalue weighted by atomic mass is 16.4. The number of nitrogens with one attached hydrogen (secondary N) is 1. The number of amides is 1. The lowest BCUT2D eigenvalue weighted by Gasteiger charge is -2.11. The molecular formula is C8H10N2O7. The van der Waals surface area contributed by atoms with Gasteiger partial charge in [-0.05, 0) is 0 Å². The van der Waals surface area contributed by atoms with E-state index in [4.69, 9.17) is 21.1 Å². The minimum absolute atomic E-state index is 0.370. The molecule has 9 heteroatoms. The zero-order chi connectivity index (χ0) is 13.6. The summed E-state index contributed by atoms with van der Waals surface area (Å²) >= 11 is 0. The van der Waals surface area contributed by atoms with E-state index in [1.807, 2.05) is 0 Å². The van der Waals surface area contributed by atoms with Crippen molar-refractivity contribution in [3.63, 3.8) is 0 Å². The lowest BCUT2D eigenvalue weighted by molar-refractivity contribution is -0.147. The molecule has 0 aliphatic heterocycles. The number of rotatable bonds is 6. The van der Waals surface area contributed by atoms with E-state index in [1.165, 1.54) is 0 Å². The van der Waals surface area contributed by atoms with E-state index in [1.54, 1.807) is 5.32 Å². The highest BCUT2D eigenvalue weighted by molar-refractivity contribution is 6.00. The Kier molecular flexibility index (Phi) is 5.18. The van der Waals surface area contributed by atoms with Crippen LogP contribution in [0.5, 0.6) is 0 Å². The Balaban J connectivity index is 4.67. The van der Waals surface area contributed by atoms with Crippen LogP contribution >= 0.6 is 0 Å². The lowest BCUT2D eigenvalue weighted by atomic mass is 10.2. The number of carboxylic acid groups (broad SMARTS) is 3. The summed E-state index contributed by atoms with van der Waals surface area (Å²) in [6.45, 7) is 0. The molecule has 0 saturated heterocycles. The van der Waals surface area contributed by atoms with E-state index in [0.717, 1.165) is 0 Å². The van der Waals surface area contributed by atoms with Crippen molar-refractivity contribution in [1.82, 2.24) is 5.32 Å². The van der Waals surface area contributed by atoms with Gasteiger partial charge >= 0.3 is 17.9 Å². The smallest absolute Gasteiger partial charge is 0.330 e. The third-order valence-electron chi connectivity index (χ3n) is 1.52. The molecule has 0 aliphatic rings. The predicted octanol–water partition coefficient (Wildman–Crippen LogP) is -2.04. The van der Waals surface area contributed by atoms with Crippen molar-refractivity contribution in [3.8, 4) is 0 Å². The van der Waals surface area contributed by atoms with Gasteiger partial charge in [-0.3, -0.25) is 9.59 Å². The van der Waals surface area contributed by atoms with Crippen LogP contribution in [0.25, 0.3) is 0 Å². The van der Waals surface area contributed by atoms with Gasteiger partial charge in [-0.1, -0.05) is 0 Å². The highest BCUT2D eigenvalue weighted by Crippen LogP contribution is 1.95. The summed E-state index contributed by atoms with van der Waals surface area (Å²) in [5, 5.41) is 27.0. The quantitative estimate of drug-likeness (QED) is 0.334. The van der Waals surface area contributed by atoms with Crippen LogP contribution in [0.1, 0.15) is 6.42 Å². The van der Waals surface area contributed by atoms with Crippen LogP contribution in [0, 0.1) is 0 Å². The number of hydrogen-bond acceptors (Lipinski definition) is 5. The van der Waals surface area contributed by atoms with Crippen molar-refractivity contribution < 1.29 is 34.5 Å². The van der Waals surface area contributed by atoms with Gasteiger partial charge in [0, 0.05) is 0 Å². The number of carbonyl (C=O) groups is 4. The van der Waals surface area contributed by atoms with Crippen LogP contribution in [0.4, 0.5) is 0 Å². The number of nitrogens with two attached hydrogens (primary N) is 1. The molecule has 9 nitrogen and oxygen atoms in total. The SMILES string of the molecule is N/C(=C/C(=O)O)C(=O)N[C@@H](CC(=O)O)C(=O)O. The normalized spacial score (nSPS) is 12.6. The van der Waals surface area contributed by atoms with E-state index in [2.05, 4.69) is 0 Å². The first-order chi connectivity index (χ1) is 7.73. The fraction of sp³-hybridized carbons (Fsp3) is 0.250. The van der Waals surface area contributed by atoms with Crippen LogP contribution in [0.3, 0.4) is 0 Å². The van der Waals surface area contributed by atoms with Gasteiger partial charge in [0.15, 0.2) is 0 Å². The van der Waals surface area contributed by atoms with Gasteiger partial charge in [-0.15, -0.1) is 0 Å². The molecule has 94 valence electrons. The van der Waals surface area contributed by atoms with Gasteiger partial charge in [-0.2, -0.15) is 0 Å². The Labute approximate surface area is 94.5 Å². The van der Waals surface area contributed by atoms with E-state index in [-0.39, 0.29) is 0 Å². The first kappa shape index (κ1) is 14.4. The maximum Gasteiger partial charge on any atom is 0.330 e. The Morgan fingerprint density at radius 2 is 1.71 bits per heavy atom. The first-order valence-corrected chi connectivity index (χ1v) is 4.19. The standard InChI is InChI=1S/C8H10N2O7/c9-3(1-5(11)12)7(15)10-4(8(16)17)2-6(13)14/h1,4H,2,9H2,(H,10,15)(H,11,12)(H,13,14)(H,16,17)/b3-1+/t4-/m0/s1. The first-order valence-electron chi connectivity index (χ1n) is 4.19. The minimum Gasteiger partial charge on any atom is -0.481 e. The Bertz CT molecular complexity index is 387. The van der Waals surface area contributed by atoms with Gasteiger partial charge < -0.3 is 26.4 Å². The predicted molar refractivity (Wildman–Crippen MR) is 51.7 cm³/mol. The number of carboxylic acids is 3. The highest BCUT2D eigenvalue weighted by Gasteiger charge is 2.23. The molecule has 0 aromatic carbocycles. The van der Waals surface area contributed by atoms with Gasteiger partial charge in [0.2, 0.25) is 0 Å². The second-order valence-corrected chi connectivity index (χ2v) is 2.90. The largest absolute Gasteiger partial charge is 0.481 e. The fourth-order valence-corrected chi connectivity index (χ4v) is 0.815. The van der Waals surface area contributed by atoms with Crippen molar-refractivity contribution in [2.24, 2.45) is 5.73 Å². The number of aliphatic carboxylic acids is 3. The van der Waals surface area contributed by atoms with Crippen LogP contribution in [-0.2, 0) is 19.2 Å². The summed E-state index contributed by atoms with van der Waals surface area (Å²) in [5.41, 5.74) is 4.30. The van der Waals surface area contributed by atoms with Crippen LogP contribution < -0.4 is 11.1 Å². The molecule has 0 aromatic heterocycles. The van der Waals surface area contributed by atoms with Crippen molar-refractivity contribution >= 4 is 23.8 Å². The lowest BCUT2D eigenvalue weighted by Crippen LogP contribution is -2.44. The fourth-order valence-electron chi connectivity index (χ4n) is 0.815. The van der Waals surface area contributed by atoms with E-state index >= 15 is 0 Å².